The number of fused-ring (bicyclic) bond motifs is 1. The van der Waals surface area contributed by atoms with Crippen molar-refractivity contribution < 1.29 is 19.2 Å². The van der Waals surface area contributed by atoms with E-state index in [0.29, 0.717) is 30.0 Å². The van der Waals surface area contributed by atoms with E-state index in [-0.39, 0.29) is 22.9 Å². The van der Waals surface area contributed by atoms with Crippen LogP contribution in [0.25, 0.3) is 10.8 Å². The van der Waals surface area contributed by atoms with Crippen LogP contribution in [0.4, 0.5) is 11.4 Å². The lowest BCUT2D eigenvalue weighted by Crippen LogP contribution is -2.51. The summed E-state index contributed by atoms with van der Waals surface area (Å²) in [6, 6.07) is 16.0. The highest BCUT2D eigenvalue weighted by Gasteiger charge is 2.27. The number of nitro benzene ring substituents is 1. The van der Waals surface area contributed by atoms with Crippen molar-refractivity contribution in [2.24, 2.45) is 0 Å². The van der Waals surface area contributed by atoms with Crippen LogP contribution in [0.2, 0.25) is 0 Å². The van der Waals surface area contributed by atoms with Crippen molar-refractivity contribution in [3.8, 4) is 11.5 Å². The van der Waals surface area contributed by atoms with Gasteiger partial charge >= 0.3 is 0 Å². The molecule has 0 spiro atoms. The molecule has 0 radical (unpaired) electrons. The number of hydrogen-bond donors (Lipinski definition) is 0. The van der Waals surface area contributed by atoms with Gasteiger partial charge in [0.05, 0.1) is 36.6 Å². The largest absolute Gasteiger partial charge is 0.493 e. The zero-order valence-corrected chi connectivity index (χ0v) is 18.1. The summed E-state index contributed by atoms with van der Waals surface area (Å²) in [5, 5.41) is 16.5. The molecule has 3 aromatic rings. The van der Waals surface area contributed by atoms with Crippen LogP contribution >= 0.6 is 0 Å². The maximum atomic E-state index is 13.3. The summed E-state index contributed by atoms with van der Waals surface area (Å²) >= 11 is 0. The Bertz CT molecular complexity index is 1160. The second kappa shape index (κ2) is 9.13. The minimum atomic E-state index is -0.373. The molecule has 1 heterocycles. The summed E-state index contributed by atoms with van der Waals surface area (Å²) in [4.78, 5) is 24.4. The standard InChI is InChI=1S/C24H25N3O5/c1-31-22-12-9-17(15-23(22)32-2)16-24(28)26-14-6-5-13-25(26)20-10-11-21(27(29)30)19-8-4-3-7-18(19)20/h3-4,7-12,15H,5-6,13-14,16H2,1-2H3. The maximum absolute atomic E-state index is 13.3. The van der Waals surface area contributed by atoms with Crippen molar-refractivity contribution in [1.82, 2.24) is 5.01 Å². The van der Waals surface area contributed by atoms with E-state index >= 15 is 0 Å². The minimum Gasteiger partial charge on any atom is -0.493 e. The number of carbonyl (C=O) groups is 1. The van der Waals surface area contributed by atoms with E-state index in [4.69, 9.17) is 9.47 Å². The number of hydrogen-bond acceptors (Lipinski definition) is 6. The Hall–Kier alpha value is -3.81. The summed E-state index contributed by atoms with van der Waals surface area (Å²) in [5.74, 6) is 1.15. The van der Waals surface area contributed by atoms with E-state index in [1.807, 2.05) is 29.3 Å². The van der Waals surface area contributed by atoms with E-state index in [1.165, 1.54) is 6.07 Å². The van der Waals surface area contributed by atoms with Gasteiger partial charge in [-0.15, -0.1) is 0 Å². The van der Waals surface area contributed by atoms with Gasteiger partial charge in [0.15, 0.2) is 11.5 Å². The van der Waals surface area contributed by atoms with Crippen LogP contribution in [-0.2, 0) is 11.2 Å². The number of carbonyl (C=O) groups excluding carboxylic acids is 1. The van der Waals surface area contributed by atoms with Gasteiger partial charge in [-0.1, -0.05) is 24.3 Å². The van der Waals surface area contributed by atoms with Gasteiger partial charge in [0.25, 0.3) is 5.69 Å². The third-order valence-electron chi connectivity index (χ3n) is 5.73. The van der Waals surface area contributed by atoms with Crippen molar-refractivity contribution in [3.05, 3.63) is 70.3 Å². The number of rotatable bonds is 6. The molecule has 1 saturated heterocycles. The zero-order valence-electron chi connectivity index (χ0n) is 18.1. The van der Waals surface area contributed by atoms with Crippen LogP contribution in [0.15, 0.2) is 54.6 Å². The predicted octanol–water partition coefficient (Wildman–Crippen LogP) is 4.35. The molecule has 4 rings (SSSR count). The molecule has 8 nitrogen and oxygen atoms in total. The summed E-state index contributed by atoms with van der Waals surface area (Å²) in [7, 11) is 3.14. The topological polar surface area (TPSA) is 85.2 Å². The number of ether oxygens (including phenoxy) is 2. The van der Waals surface area contributed by atoms with Gasteiger partial charge < -0.3 is 9.47 Å². The number of methoxy groups -OCH3 is 2. The maximum Gasteiger partial charge on any atom is 0.277 e. The number of anilines is 1. The molecule has 1 amide bonds. The van der Waals surface area contributed by atoms with Gasteiger partial charge in [0.2, 0.25) is 5.91 Å². The average Bonchev–Trinajstić information content (AvgIpc) is 2.83. The van der Waals surface area contributed by atoms with Crippen LogP contribution in [-0.4, -0.2) is 43.1 Å². The van der Waals surface area contributed by atoms with E-state index in [2.05, 4.69) is 0 Å². The third kappa shape index (κ3) is 4.03. The second-order valence-electron chi connectivity index (χ2n) is 7.62. The van der Waals surface area contributed by atoms with Crippen LogP contribution in [0.1, 0.15) is 18.4 Å². The molecule has 1 aliphatic rings. The monoisotopic (exact) mass is 435 g/mol. The van der Waals surface area contributed by atoms with Crippen molar-refractivity contribution in [1.29, 1.82) is 0 Å². The fraction of sp³-hybridized carbons (Fsp3) is 0.292. The Kier molecular flexibility index (Phi) is 6.11. The van der Waals surface area contributed by atoms with Crippen LogP contribution in [0.3, 0.4) is 0 Å². The van der Waals surface area contributed by atoms with Crippen molar-refractivity contribution in [2.45, 2.75) is 19.3 Å². The summed E-state index contributed by atoms with van der Waals surface area (Å²) < 4.78 is 10.6. The molecule has 3 aromatic carbocycles. The number of hydrazine groups is 1. The molecule has 0 aromatic heterocycles. The zero-order chi connectivity index (χ0) is 22.7. The van der Waals surface area contributed by atoms with Crippen LogP contribution in [0, 0.1) is 10.1 Å². The summed E-state index contributed by atoms with van der Waals surface area (Å²) in [6.07, 6.45) is 2.05. The quantitative estimate of drug-likeness (QED) is 0.423. The SMILES string of the molecule is COc1ccc(CC(=O)N2CCCCN2c2ccc([N+](=O)[O-])c3ccccc23)cc1OC. The number of nitro groups is 1. The van der Waals surface area contributed by atoms with Gasteiger partial charge in [0, 0.05) is 24.5 Å². The lowest BCUT2D eigenvalue weighted by Gasteiger charge is -2.40. The number of amides is 1. The van der Waals surface area contributed by atoms with Gasteiger partial charge in [-0.2, -0.15) is 0 Å². The first-order chi connectivity index (χ1) is 15.5. The molecule has 0 atom stereocenters. The first kappa shape index (κ1) is 21.4. The Balaban J connectivity index is 1.66. The molecule has 0 aliphatic carbocycles. The highest BCUT2D eigenvalue weighted by atomic mass is 16.6. The summed E-state index contributed by atoms with van der Waals surface area (Å²) in [5.41, 5.74) is 1.68. The van der Waals surface area contributed by atoms with Gasteiger partial charge in [0.1, 0.15) is 0 Å². The average molecular weight is 435 g/mol. The fourth-order valence-electron chi connectivity index (χ4n) is 4.18. The molecule has 0 unspecified atom stereocenters. The summed E-state index contributed by atoms with van der Waals surface area (Å²) in [6.45, 7) is 1.26. The number of nitrogens with zero attached hydrogens (tertiary/aromatic N) is 3. The number of non-ortho nitro benzene ring substituents is 1. The van der Waals surface area contributed by atoms with Crippen LogP contribution in [0.5, 0.6) is 11.5 Å². The van der Waals surface area contributed by atoms with Crippen molar-refractivity contribution >= 4 is 28.1 Å². The van der Waals surface area contributed by atoms with E-state index in [1.54, 1.807) is 43.5 Å². The second-order valence-corrected chi connectivity index (χ2v) is 7.62. The fourth-order valence-corrected chi connectivity index (χ4v) is 4.18. The predicted molar refractivity (Wildman–Crippen MR) is 122 cm³/mol. The lowest BCUT2D eigenvalue weighted by molar-refractivity contribution is -0.383. The molecule has 0 saturated carbocycles. The Labute approximate surface area is 186 Å². The Morgan fingerprint density at radius 1 is 0.969 bits per heavy atom. The minimum absolute atomic E-state index is 0.0423. The molecular weight excluding hydrogens is 410 g/mol. The third-order valence-corrected chi connectivity index (χ3v) is 5.73. The molecule has 1 aliphatic heterocycles. The molecule has 32 heavy (non-hydrogen) atoms. The Morgan fingerprint density at radius 2 is 1.69 bits per heavy atom. The molecular formula is C24H25N3O5. The number of benzene rings is 3. The molecule has 8 heteroatoms. The lowest BCUT2D eigenvalue weighted by atomic mass is 10.1. The molecule has 0 bridgehead atoms. The van der Waals surface area contributed by atoms with E-state index in [0.717, 1.165) is 29.5 Å². The highest BCUT2D eigenvalue weighted by Crippen LogP contribution is 2.35. The highest BCUT2D eigenvalue weighted by molar-refractivity contribution is 6.00. The van der Waals surface area contributed by atoms with Gasteiger partial charge in [-0.25, -0.2) is 0 Å². The van der Waals surface area contributed by atoms with E-state index in [9.17, 15) is 14.9 Å². The molecule has 166 valence electrons. The van der Waals surface area contributed by atoms with Gasteiger partial charge in [-0.05, 0) is 42.7 Å². The molecule has 1 fully saturated rings. The van der Waals surface area contributed by atoms with Gasteiger partial charge in [-0.3, -0.25) is 24.9 Å². The van der Waals surface area contributed by atoms with E-state index < -0.39 is 0 Å². The van der Waals surface area contributed by atoms with Crippen molar-refractivity contribution in [2.75, 3.05) is 32.3 Å². The smallest absolute Gasteiger partial charge is 0.277 e. The molecule has 0 N–H and O–H groups in total. The Morgan fingerprint density at radius 3 is 2.41 bits per heavy atom. The van der Waals surface area contributed by atoms with Crippen molar-refractivity contribution in [3.63, 3.8) is 0 Å². The normalized spacial score (nSPS) is 13.8. The first-order valence-electron chi connectivity index (χ1n) is 10.5. The first-order valence-corrected chi connectivity index (χ1v) is 10.5. The van der Waals surface area contributed by atoms with Crippen LogP contribution < -0.4 is 14.5 Å².